The van der Waals surface area contributed by atoms with Gasteiger partial charge in [0.25, 0.3) is 0 Å². The van der Waals surface area contributed by atoms with Crippen LogP contribution in [0.4, 0.5) is 5.69 Å². The molecular weight excluding hydrogens is 276 g/mol. The Morgan fingerprint density at radius 3 is 2.86 bits per heavy atom. The van der Waals surface area contributed by atoms with Crippen molar-refractivity contribution < 1.29 is 0 Å². The lowest BCUT2D eigenvalue weighted by atomic mass is 9.89. The zero-order valence-corrected chi connectivity index (χ0v) is 12.9. The fourth-order valence-corrected chi connectivity index (χ4v) is 4.51. The molecule has 2 aromatic carbocycles. The lowest BCUT2D eigenvalue weighted by Crippen LogP contribution is -2.30. The summed E-state index contributed by atoms with van der Waals surface area (Å²) >= 11 is 1.88. The van der Waals surface area contributed by atoms with E-state index in [1.54, 1.807) is 0 Å². The monoisotopic (exact) mass is 294 g/mol. The SMILES string of the molecule is CN1Cc2ccccc2C(c2cc3c(N)cccc3s2)C1. The van der Waals surface area contributed by atoms with Crippen LogP contribution in [0.1, 0.15) is 21.9 Å². The van der Waals surface area contributed by atoms with Gasteiger partial charge in [0, 0.05) is 39.7 Å². The number of rotatable bonds is 1. The first-order chi connectivity index (χ1) is 10.2. The number of hydrogen-bond donors (Lipinski definition) is 1. The lowest BCUT2D eigenvalue weighted by molar-refractivity contribution is 0.296. The molecule has 0 saturated heterocycles. The molecule has 2 nitrogen and oxygen atoms in total. The molecule has 1 aromatic heterocycles. The van der Waals surface area contributed by atoms with Crippen molar-refractivity contribution in [1.29, 1.82) is 0 Å². The first kappa shape index (κ1) is 12.9. The Bertz CT molecular complexity index is 806. The van der Waals surface area contributed by atoms with Gasteiger partial charge >= 0.3 is 0 Å². The van der Waals surface area contributed by atoms with Gasteiger partial charge in [-0.15, -0.1) is 11.3 Å². The van der Waals surface area contributed by atoms with Crippen LogP contribution in [0, 0.1) is 0 Å². The minimum Gasteiger partial charge on any atom is -0.398 e. The number of benzene rings is 2. The minimum absolute atomic E-state index is 0.455. The maximum Gasteiger partial charge on any atom is 0.0402 e. The van der Waals surface area contributed by atoms with E-state index in [-0.39, 0.29) is 0 Å². The normalized spacial score (nSPS) is 18.8. The highest BCUT2D eigenvalue weighted by Gasteiger charge is 2.25. The van der Waals surface area contributed by atoms with Gasteiger partial charge in [-0.25, -0.2) is 0 Å². The number of nitrogens with zero attached hydrogens (tertiary/aromatic N) is 1. The maximum atomic E-state index is 6.12. The first-order valence-corrected chi connectivity index (χ1v) is 8.08. The van der Waals surface area contributed by atoms with Crippen molar-refractivity contribution in [2.24, 2.45) is 0 Å². The van der Waals surface area contributed by atoms with Crippen molar-refractivity contribution >= 4 is 27.1 Å². The highest BCUT2D eigenvalue weighted by Crippen LogP contribution is 2.39. The van der Waals surface area contributed by atoms with Gasteiger partial charge in [-0.2, -0.15) is 0 Å². The van der Waals surface area contributed by atoms with Crippen LogP contribution in [0.15, 0.2) is 48.5 Å². The third-order valence-electron chi connectivity index (χ3n) is 4.32. The molecule has 0 spiro atoms. The van der Waals surface area contributed by atoms with Crippen molar-refractivity contribution in [3.8, 4) is 0 Å². The standard InChI is InChI=1S/C18H18N2S/c1-20-10-12-5-2-3-6-13(12)15(11-20)18-9-14-16(19)7-4-8-17(14)21-18/h2-9,15H,10-11,19H2,1H3. The zero-order valence-electron chi connectivity index (χ0n) is 12.0. The van der Waals surface area contributed by atoms with Crippen LogP contribution in [0.2, 0.25) is 0 Å². The molecule has 0 amide bonds. The summed E-state index contributed by atoms with van der Waals surface area (Å²) in [5.74, 6) is 0.455. The Morgan fingerprint density at radius 2 is 2.00 bits per heavy atom. The molecule has 4 rings (SSSR count). The molecule has 3 aromatic rings. The van der Waals surface area contributed by atoms with E-state index in [0.29, 0.717) is 5.92 Å². The van der Waals surface area contributed by atoms with Crippen molar-refractivity contribution in [2.45, 2.75) is 12.5 Å². The van der Waals surface area contributed by atoms with Gasteiger partial charge in [-0.3, -0.25) is 0 Å². The van der Waals surface area contributed by atoms with E-state index in [2.05, 4.69) is 48.3 Å². The van der Waals surface area contributed by atoms with Crippen LogP contribution in [0.3, 0.4) is 0 Å². The number of nitrogen functional groups attached to an aromatic ring is 1. The van der Waals surface area contributed by atoms with E-state index in [9.17, 15) is 0 Å². The molecule has 106 valence electrons. The van der Waals surface area contributed by atoms with Crippen LogP contribution in [0.5, 0.6) is 0 Å². The molecule has 1 aliphatic rings. The molecule has 2 N–H and O–H groups in total. The number of hydrogen-bond acceptors (Lipinski definition) is 3. The predicted molar refractivity (Wildman–Crippen MR) is 90.9 cm³/mol. The van der Waals surface area contributed by atoms with Crippen LogP contribution >= 0.6 is 11.3 Å². The third-order valence-corrected chi connectivity index (χ3v) is 5.54. The third kappa shape index (κ3) is 2.13. The molecule has 3 heteroatoms. The Balaban J connectivity index is 1.86. The van der Waals surface area contributed by atoms with E-state index in [0.717, 1.165) is 18.8 Å². The van der Waals surface area contributed by atoms with E-state index in [1.807, 2.05) is 23.5 Å². The second kappa shape index (κ2) is 4.86. The fraction of sp³-hybridized carbons (Fsp3) is 0.222. The average molecular weight is 294 g/mol. The summed E-state index contributed by atoms with van der Waals surface area (Å²) in [6.07, 6.45) is 0. The van der Waals surface area contributed by atoms with Crippen molar-refractivity contribution in [3.63, 3.8) is 0 Å². The van der Waals surface area contributed by atoms with E-state index < -0.39 is 0 Å². The highest BCUT2D eigenvalue weighted by atomic mass is 32.1. The topological polar surface area (TPSA) is 29.3 Å². The molecule has 0 aliphatic carbocycles. The van der Waals surface area contributed by atoms with Gasteiger partial charge in [-0.05, 0) is 36.4 Å². The predicted octanol–water partition coefficient (Wildman–Crippen LogP) is 4.06. The number of thiophene rings is 1. The van der Waals surface area contributed by atoms with Gasteiger partial charge in [-0.1, -0.05) is 30.3 Å². The van der Waals surface area contributed by atoms with Gasteiger partial charge in [0.2, 0.25) is 0 Å². The Labute approximate surface area is 128 Å². The largest absolute Gasteiger partial charge is 0.398 e. The van der Waals surface area contributed by atoms with Crippen LogP contribution in [-0.2, 0) is 6.54 Å². The number of anilines is 1. The fourth-order valence-electron chi connectivity index (χ4n) is 3.30. The Hall–Kier alpha value is -1.84. The van der Waals surface area contributed by atoms with Crippen LogP contribution in [0.25, 0.3) is 10.1 Å². The Morgan fingerprint density at radius 1 is 1.14 bits per heavy atom. The number of nitrogens with two attached hydrogens (primary N) is 1. The number of likely N-dealkylation sites (N-methyl/N-ethyl adjacent to an activating group) is 1. The van der Waals surface area contributed by atoms with Crippen molar-refractivity contribution in [2.75, 3.05) is 19.3 Å². The maximum absolute atomic E-state index is 6.12. The van der Waals surface area contributed by atoms with Crippen molar-refractivity contribution in [1.82, 2.24) is 4.90 Å². The minimum atomic E-state index is 0.455. The van der Waals surface area contributed by atoms with Gasteiger partial charge in [0.05, 0.1) is 0 Å². The van der Waals surface area contributed by atoms with E-state index in [1.165, 1.54) is 26.1 Å². The van der Waals surface area contributed by atoms with Gasteiger partial charge in [0.1, 0.15) is 0 Å². The summed E-state index contributed by atoms with van der Waals surface area (Å²) in [5, 5.41) is 1.20. The quantitative estimate of drug-likeness (QED) is 0.686. The molecule has 2 heterocycles. The first-order valence-electron chi connectivity index (χ1n) is 7.26. The van der Waals surface area contributed by atoms with Gasteiger partial charge < -0.3 is 10.6 Å². The molecule has 1 unspecified atom stereocenters. The molecule has 0 saturated carbocycles. The van der Waals surface area contributed by atoms with E-state index in [4.69, 9.17) is 5.73 Å². The highest BCUT2D eigenvalue weighted by molar-refractivity contribution is 7.19. The Kier molecular flexibility index (Phi) is 2.98. The molecule has 21 heavy (non-hydrogen) atoms. The second-order valence-corrected chi connectivity index (χ2v) is 6.97. The summed E-state index contributed by atoms with van der Waals surface area (Å²) < 4.78 is 1.29. The average Bonchev–Trinajstić information content (AvgIpc) is 2.92. The molecular formula is C18H18N2S. The summed E-state index contributed by atoms with van der Waals surface area (Å²) in [6, 6.07) is 17.3. The summed E-state index contributed by atoms with van der Waals surface area (Å²) in [7, 11) is 2.20. The molecule has 0 fully saturated rings. The second-order valence-electron chi connectivity index (χ2n) is 5.86. The van der Waals surface area contributed by atoms with Gasteiger partial charge in [0.15, 0.2) is 0 Å². The number of fused-ring (bicyclic) bond motifs is 2. The molecule has 0 radical (unpaired) electrons. The van der Waals surface area contributed by atoms with Crippen molar-refractivity contribution in [3.05, 3.63) is 64.5 Å². The molecule has 1 atom stereocenters. The smallest absolute Gasteiger partial charge is 0.0402 e. The summed E-state index contributed by atoms with van der Waals surface area (Å²) in [4.78, 5) is 3.82. The lowest BCUT2D eigenvalue weighted by Gasteiger charge is -2.31. The molecule has 1 aliphatic heterocycles. The van der Waals surface area contributed by atoms with E-state index >= 15 is 0 Å². The zero-order chi connectivity index (χ0) is 14.4. The van der Waals surface area contributed by atoms with Crippen LogP contribution < -0.4 is 5.73 Å². The summed E-state index contributed by atoms with van der Waals surface area (Å²) in [5.41, 5.74) is 9.92. The summed E-state index contributed by atoms with van der Waals surface area (Å²) in [6.45, 7) is 2.11. The molecule has 0 bridgehead atoms. The van der Waals surface area contributed by atoms with Crippen LogP contribution in [-0.4, -0.2) is 18.5 Å².